The molecule has 1 unspecified atom stereocenters. The molecule has 9 heteroatoms. The first-order valence-corrected chi connectivity index (χ1v) is 11.8. The summed E-state index contributed by atoms with van der Waals surface area (Å²) in [4.78, 5) is 28.1. The van der Waals surface area contributed by atoms with Gasteiger partial charge in [0.1, 0.15) is 6.17 Å². The summed E-state index contributed by atoms with van der Waals surface area (Å²) in [5, 5.41) is 12.5. The van der Waals surface area contributed by atoms with Gasteiger partial charge in [-0.2, -0.15) is 0 Å². The summed E-state index contributed by atoms with van der Waals surface area (Å²) in [7, 11) is 0. The van der Waals surface area contributed by atoms with Crippen LogP contribution in [0.2, 0.25) is 0 Å². The zero-order valence-electron chi connectivity index (χ0n) is 17.8. The summed E-state index contributed by atoms with van der Waals surface area (Å²) in [6, 6.07) is 11.0. The fourth-order valence-corrected chi connectivity index (χ4v) is 6.17. The average Bonchev–Trinajstić information content (AvgIpc) is 3.01. The van der Waals surface area contributed by atoms with Crippen molar-refractivity contribution in [1.29, 1.82) is 0 Å². The van der Waals surface area contributed by atoms with Gasteiger partial charge in [0.2, 0.25) is 5.43 Å². The Morgan fingerprint density at radius 3 is 2.68 bits per heavy atom. The smallest absolute Gasteiger partial charge is 0.278 e. The number of hydrogen-bond acceptors (Lipinski definition) is 5. The van der Waals surface area contributed by atoms with Gasteiger partial charge in [0.15, 0.2) is 23.1 Å². The van der Waals surface area contributed by atoms with E-state index in [-0.39, 0.29) is 17.0 Å². The molecule has 3 aromatic rings. The largest absolute Gasteiger partial charge is 0.502 e. The van der Waals surface area contributed by atoms with E-state index < -0.39 is 40.9 Å². The molecule has 6 rings (SSSR count). The fraction of sp³-hybridized carbons (Fsp3) is 0.200. The molecular formula is C25H19F2N3O3S. The summed E-state index contributed by atoms with van der Waals surface area (Å²) in [6.45, 7) is 0.302. The number of benzene rings is 2. The van der Waals surface area contributed by atoms with E-state index in [2.05, 4.69) is 0 Å². The molecule has 0 radical (unpaired) electrons. The summed E-state index contributed by atoms with van der Waals surface area (Å²) in [6.07, 6.45) is 5.32. The summed E-state index contributed by atoms with van der Waals surface area (Å²) >= 11 is 1.42. The lowest BCUT2D eigenvalue weighted by molar-refractivity contribution is 0.0569. The zero-order valence-corrected chi connectivity index (χ0v) is 18.6. The molecule has 0 aliphatic carbocycles. The van der Waals surface area contributed by atoms with Gasteiger partial charge < -0.3 is 10.0 Å². The number of aromatic nitrogens is 1. The Bertz CT molecular complexity index is 1440. The summed E-state index contributed by atoms with van der Waals surface area (Å²) in [5.74, 6) is -2.65. The van der Waals surface area contributed by atoms with Crippen molar-refractivity contribution in [2.45, 2.75) is 29.3 Å². The highest BCUT2D eigenvalue weighted by molar-refractivity contribution is 7.98. The molecule has 34 heavy (non-hydrogen) atoms. The van der Waals surface area contributed by atoms with E-state index in [4.69, 9.17) is 0 Å². The second-order valence-electron chi connectivity index (χ2n) is 8.41. The number of fused-ring (bicyclic) bond motifs is 4. The minimum Gasteiger partial charge on any atom is -0.502 e. The lowest BCUT2D eigenvalue weighted by atomic mass is 9.92. The fourth-order valence-electron chi connectivity index (χ4n) is 5.06. The highest BCUT2D eigenvalue weighted by Crippen LogP contribution is 2.45. The van der Waals surface area contributed by atoms with Gasteiger partial charge in [0.05, 0.1) is 6.04 Å². The average molecular weight is 480 g/mol. The third kappa shape index (κ3) is 2.93. The predicted molar refractivity (Wildman–Crippen MR) is 123 cm³/mol. The molecule has 2 atom stereocenters. The molecule has 0 spiro atoms. The van der Waals surface area contributed by atoms with Crippen LogP contribution in [0.4, 0.5) is 8.78 Å². The molecular weight excluding hydrogens is 460 g/mol. The van der Waals surface area contributed by atoms with Crippen LogP contribution in [0.1, 0.15) is 39.6 Å². The Balaban J connectivity index is 1.68. The molecule has 1 aromatic heterocycles. The topological polar surface area (TPSA) is 65.8 Å². The zero-order chi connectivity index (χ0) is 23.6. The van der Waals surface area contributed by atoms with Gasteiger partial charge in [0.25, 0.3) is 5.91 Å². The quantitative estimate of drug-likeness (QED) is 0.537. The number of rotatable bonds is 1. The molecule has 1 N–H and O–H groups in total. The lowest BCUT2D eigenvalue weighted by Crippen LogP contribution is -2.63. The third-order valence-electron chi connectivity index (χ3n) is 6.62. The number of amides is 1. The number of carbonyl (C=O) groups is 1. The first kappa shape index (κ1) is 21.0. The highest BCUT2D eigenvalue weighted by atomic mass is 32.2. The predicted octanol–water partition coefficient (Wildman–Crippen LogP) is 3.91. The van der Waals surface area contributed by atoms with Gasteiger partial charge in [-0.05, 0) is 23.3 Å². The van der Waals surface area contributed by atoms with Crippen LogP contribution in [0.15, 0.2) is 70.5 Å². The lowest BCUT2D eigenvalue weighted by Gasteiger charge is -2.50. The normalized spacial score (nSPS) is 20.8. The van der Waals surface area contributed by atoms with E-state index in [1.165, 1.54) is 28.7 Å². The van der Waals surface area contributed by atoms with E-state index in [0.717, 1.165) is 16.5 Å². The van der Waals surface area contributed by atoms with E-state index in [1.54, 1.807) is 11.0 Å². The molecule has 6 nitrogen and oxygen atoms in total. The summed E-state index contributed by atoms with van der Waals surface area (Å²) in [5.41, 5.74) is 0.899. The second kappa shape index (κ2) is 7.73. The van der Waals surface area contributed by atoms with Crippen molar-refractivity contribution in [2.24, 2.45) is 0 Å². The van der Waals surface area contributed by atoms with Gasteiger partial charge in [-0.1, -0.05) is 36.4 Å². The van der Waals surface area contributed by atoms with Gasteiger partial charge in [-0.15, -0.1) is 11.8 Å². The number of pyridine rings is 1. The van der Waals surface area contributed by atoms with Crippen molar-refractivity contribution in [3.8, 4) is 5.75 Å². The van der Waals surface area contributed by atoms with E-state index in [0.29, 0.717) is 18.5 Å². The number of thioether (sulfide) groups is 1. The SMILES string of the molecule is O=C1c2c(O)c(=O)ccn2N([C@@H]2c3ccccc3SCc3c2ccc(F)c3F)C2CC=CCN12. The Kier molecular flexibility index (Phi) is 4.77. The number of halogens is 2. The second-order valence-corrected chi connectivity index (χ2v) is 9.42. The van der Waals surface area contributed by atoms with Crippen molar-refractivity contribution >= 4 is 17.7 Å². The molecule has 0 saturated heterocycles. The van der Waals surface area contributed by atoms with Gasteiger partial charge >= 0.3 is 0 Å². The van der Waals surface area contributed by atoms with E-state index >= 15 is 4.39 Å². The third-order valence-corrected chi connectivity index (χ3v) is 7.74. The van der Waals surface area contributed by atoms with Crippen LogP contribution in [0.3, 0.4) is 0 Å². The minimum absolute atomic E-state index is 0.141. The molecule has 0 saturated carbocycles. The van der Waals surface area contributed by atoms with Crippen molar-refractivity contribution in [1.82, 2.24) is 9.58 Å². The van der Waals surface area contributed by atoms with Crippen LogP contribution in [-0.4, -0.2) is 33.3 Å². The standard InChI is InChI=1S/C25H19F2N3O3S/c26-17-9-8-14-16(21(17)27)13-34-19-6-2-1-5-15(19)22(14)30-20-7-3-4-11-28(20)25(33)23-24(32)18(31)10-12-29(23)30/h1-6,8-10,12,20,22,32H,7,11,13H2/t20?,22-/m0/s1. The van der Waals surface area contributed by atoms with Crippen molar-refractivity contribution in [2.75, 3.05) is 11.6 Å². The Labute approximate surface area is 197 Å². The van der Waals surface area contributed by atoms with Crippen molar-refractivity contribution in [3.63, 3.8) is 0 Å². The first-order chi connectivity index (χ1) is 16.5. The van der Waals surface area contributed by atoms with Crippen LogP contribution in [0, 0.1) is 11.6 Å². The van der Waals surface area contributed by atoms with Crippen molar-refractivity contribution in [3.05, 3.63) is 105 Å². The Morgan fingerprint density at radius 2 is 1.82 bits per heavy atom. The maximum atomic E-state index is 15.1. The van der Waals surface area contributed by atoms with Gasteiger partial charge in [-0.25, -0.2) is 8.78 Å². The minimum atomic E-state index is -0.915. The number of hydrogen-bond donors (Lipinski definition) is 1. The van der Waals surface area contributed by atoms with Crippen LogP contribution in [0.25, 0.3) is 0 Å². The molecule has 0 fully saturated rings. The molecule has 0 bridgehead atoms. The van der Waals surface area contributed by atoms with Crippen molar-refractivity contribution < 1.29 is 18.7 Å². The summed E-state index contributed by atoms with van der Waals surface area (Å²) < 4.78 is 30.8. The maximum absolute atomic E-state index is 15.1. The number of nitrogens with zero attached hydrogens (tertiary/aromatic N) is 3. The molecule has 172 valence electrons. The van der Waals surface area contributed by atoms with Crippen LogP contribution in [-0.2, 0) is 5.75 Å². The van der Waals surface area contributed by atoms with Crippen LogP contribution >= 0.6 is 11.8 Å². The molecule has 3 aliphatic heterocycles. The number of aromatic hydroxyl groups is 1. The van der Waals surface area contributed by atoms with Gasteiger partial charge in [-0.3, -0.25) is 19.3 Å². The Hall–Kier alpha value is -3.59. The molecule has 2 aromatic carbocycles. The van der Waals surface area contributed by atoms with Crippen LogP contribution in [0.5, 0.6) is 5.75 Å². The van der Waals surface area contributed by atoms with E-state index in [1.807, 2.05) is 41.4 Å². The molecule has 3 aliphatic rings. The highest BCUT2D eigenvalue weighted by Gasteiger charge is 2.44. The maximum Gasteiger partial charge on any atom is 0.278 e. The van der Waals surface area contributed by atoms with E-state index in [9.17, 15) is 19.1 Å². The monoisotopic (exact) mass is 479 g/mol. The van der Waals surface area contributed by atoms with Gasteiger partial charge in [0, 0.05) is 41.4 Å². The van der Waals surface area contributed by atoms with Crippen LogP contribution < -0.4 is 10.4 Å². The molecule has 4 heterocycles. The first-order valence-electron chi connectivity index (χ1n) is 10.8. The number of carbonyl (C=O) groups excluding carboxylic acids is 1. The molecule has 1 amide bonds. The Morgan fingerprint density at radius 1 is 1.00 bits per heavy atom.